The van der Waals surface area contributed by atoms with Gasteiger partial charge >= 0.3 is 11.9 Å². The van der Waals surface area contributed by atoms with Crippen molar-refractivity contribution < 1.29 is 53.3 Å². The number of carbonyl (C=O) groups excluding carboxylic acids is 2. The van der Waals surface area contributed by atoms with Crippen LogP contribution in [0.3, 0.4) is 0 Å². The van der Waals surface area contributed by atoms with Crippen molar-refractivity contribution in [1.82, 2.24) is 9.80 Å². The minimum absolute atomic E-state index is 0.0925. The molecule has 13 nitrogen and oxygen atoms in total. The molecule has 0 amide bonds. The maximum atomic E-state index is 14.3. The minimum atomic E-state index is -1.60. The second-order valence-electron chi connectivity index (χ2n) is 17.1. The molecule has 3 heterocycles. The summed E-state index contributed by atoms with van der Waals surface area (Å²) in [7, 11) is 5.33. The molecule has 3 saturated heterocycles. The Hall–Kier alpha value is -2.62. The summed E-state index contributed by atoms with van der Waals surface area (Å²) >= 11 is 0. The van der Waals surface area contributed by atoms with Crippen LogP contribution < -0.4 is 4.74 Å². The third kappa shape index (κ3) is 10.9. The van der Waals surface area contributed by atoms with Crippen molar-refractivity contribution in [1.29, 1.82) is 0 Å². The molecule has 0 saturated carbocycles. The number of aliphatic hydroxyl groups excluding tert-OH is 1. The Bertz CT molecular complexity index is 1430. The van der Waals surface area contributed by atoms with Crippen molar-refractivity contribution >= 4 is 11.9 Å². The summed E-state index contributed by atoms with van der Waals surface area (Å²) in [6.07, 6.45) is -5.43. The lowest BCUT2D eigenvalue weighted by atomic mass is 9.77. The van der Waals surface area contributed by atoms with E-state index >= 15 is 0 Å². The van der Waals surface area contributed by atoms with Gasteiger partial charge in [0.1, 0.15) is 35.8 Å². The highest BCUT2D eigenvalue weighted by Crippen LogP contribution is 2.38. The highest BCUT2D eigenvalue weighted by Gasteiger charge is 2.52. The van der Waals surface area contributed by atoms with Gasteiger partial charge in [-0.2, -0.15) is 0 Å². The first-order chi connectivity index (χ1) is 25.7. The molecule has 13 heteroatoms. The Morgan fingerprint density at radius 3 is 2.35 bits per heavy atom. The van der Waals surface area contributed by atoms with Crippen LogP contribution in [0, 0.1) is 17.8 Å². The predicted octanol–water partition coefficient (Wildman–Crippen LogP) is 3.74. The third-order valence-electron chi connectivity index (χ3n) is 11.9. The van der Waals surface area contributed by atoms with Crippen molar-refractivity contribution in [3.63, 3.8) is 0 Å². The monoisotopic (exact) mass is 776 g/mol. The van der Waals surface area contributed by atoms with E-state index in [9.17, 15) is 24.9 Å². The van der Waals surface area contributed by atoms with Crippen molar-refractivity contribution in [3.8, 4) is 5.75 Å². The molecule has 2 bridgehead atoms. The topological polar surface area (TPSA) is 157 Å². The van der Waals surface area contributed by atoms with Gasteiger partial charge < -0.3 is 48.6 Å². The fourth-order valence-corrected chi connectivity index (χ4v) is 8.95. The summed E-state index contributed by atoms with van der Waals surface area (Å²) in [5, 5.41) is 36.4. The summed E-state index contributed by atoms with van der Waals surface area (Å²) in [6.45, 7) is 19.9. The van der Waals surface area contributed by atoms with Crippen LogP contribution in [0.15, 0.2) is 36.4 Å². The fourth-order valence-electron chi connectivity index (χ4n) is 8.95. The van der Waals surface area contributed by atoms with Gasteiger partial charge in [-0.15, -0.1) is 0 Å². The molecule has 2 unspecified atom stereocenters. The molecule has 55 heavy (non-hydrogen) atoms. The largest absolute Gasteiger partial charge is 0.497 e. The lowest BCUT2D eigenvalue weighted by molar-refractivity contribution is -0.299. The van der Waals surface area contributed by atoms with Gasteiger partial charge in [-0.3, -0.25) is 14.5 Å². The van der Waals surface area contributed by atoms with Gasteiger partial charge in [-0.1, -0.05) is 39.5 Å². The van der Waals surface area contributed by atoms with Crippen molar-refractivity contribution in [3.05, 3.63) is 42.0 Å². The highest BCUT2D eigenvalue weighted by atomic mass is 16.7. The SMILES string of the molecule is C=C1CO[C@H]2[C@@H](C)N(C1)C[C@H](C)C[C@@](C)(O)[C@H](O[C@@H]1O[C@H](C)C[C@H](N(C)C)[C@H]1O)[C@@H](C)C(OC(=O)Cc1ccc(OC)cc1)[C@@H](C)C(=O)O[C@H](CC)[C@@]2(C)O. The molecule has 4 rings (SSSR count). The number of cyclic esters (lactones) is 1. The lowest BCUT2D eigenvalue weighted by Crippen LogP contribution is -2.59. The molecule has 0 spiro atoms. The fraction of sp³-hybridized carbons (Fsp3) is 0.762. The third-order valence-corrected chi connectivity index (χ3v) is 11.9. The number of fused-ring (bicyclic) bond motifs is 2. The van der Waals surface area contributed by atoms with Gasteiger partial charge in [0.05, 0.1) is 43.9 Å². The number of carbonyl (C=O) groups is 2. The van der Waals surface area contributed by atoms with E-state index in [1.165, 1.54) is 0 Å². The summed E-state index contributed by atoms with van der Waals surface area (Å²) in [5.41, 5.74) is -1.67. The number of rotatable bonds is 8. The molecule has 3 fully saturated rings. The van der Waals surface area contributed by atoms with E-state index in [0.717, 1.165) is 5.57 Å². The van der Waals surface area contributed by atoms with Crippen molar-refractivity contribution in [2.24, 2.45) is 17.8 Å². The van der Waals surface area contributed by atoms with Crippen LogP contribution in [0.2, 0.25) is 0 Å². The van der Waals surface area contributed by atoms with E-state index in [0.29, 0.717) is 30.8 Å². The zero-order valence-electron chi connectivity index (χ0n) is 34.9. The van der Waals surface area contributed by atoms with E-state index in [1.807, 2.05) is 46.7 Å². The first kappa shape index (κ1) is 45.1. The number of aliphatic hydroxyl groups is 3. The molecular weight excluding hydrogens is 708 g/mol. The molecule has 1 aromatic rings. The van der Waals surface area contributed by atoms with Crippen molar-refractivity contribution in [2.75, 3.05) is 40.9 Å². The molecular formula is C42H68N2O11. The molecule has 3 N–H and O–H groups in total. The molecule has 1 aromatic carbocycles. The average molecular weight is 777 g/mol. The van der Waals surface area contributed by atoms with Crippen LogP contribution in [-0.2, 0) is 39.7 Å². The number of nitrogens with zero attached hydrogens (tertiary/aromatic N) is 2. The first-order valence-corrected chi connectivity index (χ1v) is 19.8. The molecule has 312 valence electrons. The van der Waals surface area contributed by atoms with Crippen LogP contribution in [0.5, 0.6) is 5.75 Å². The van der Waals surface area contributed by atoms with Crippen molar-refractivity contribution in [2.45, 2.75) is 147 Å². The Labute approximate surface area is 328 Å². The molecule has 0 radical (unpaired) electrons. The van der Waals surface area contributed by atoms with Crippen LogP contribution in [0.25, 0.3) is 0 Å². The molecule has 0 aromatic heterocycles. The molecule has 0 aliphatic carbocycles. The van der Waals surface area contributed by atoms with Gasteiger partial charge in [0.15, 0.2) is 6.29 Å². The van der Waals surface area contributed by atoms with E-state index in [4.69, 9.17) is 28.4 Å². The number of hydrogen-bond donors (Lipinski definition) is 3. The zero-order chi connectivity index (χ0) is 41.0. The quantitative estimate of drug-likeness (QED) is 0.260. The standard InChI is InChI=1S/C42H68N2O11/c1-13-33-42(9,49)38-29(7)44(22-25(3)23-51-38)21-24(2)20-41(8,48)37(55-40-35(46)32(43(10)11)18-26(4)52-40)27(5)36(28(6)39(47)53-33)54-34(45)19-30-14-16-31(50-12)17-15-30/h14-17,24,26-29,32-33,35-38,40,46,48-49H,3,13,18-23H2,1-2,4-12H3/t24-,26-,27+,28-,29-,32+,33-,35-,36?,37-,38+,40+,41-,42-/m1/s1. The highest BCUT2D eigenvalue weighted by molar-refractivity contribution is 5.76. The number of benzene rings is 1. The second-order valence-corrected chi connectivity index (χ2v) is 17.1. The van der Waals surface area contributed by atoms with E-state index in [2.05, 4.69) is 11.5 Å². The summed E-state index contributed by atoms with van der Waals surface area (Å²) in [6, 6.07) is 6.43. The number of methoxy groups -OCH3 is 1. The number of hydrogen-bond acceptors (Lipinski definition) is 13. The van der Waals surface area contributed by atoms with Crippen LogP contribution >= 0.6 is 0 Å². The Balaban J connectivity index is 1.81. The summed E-state index contributed by atoms with van der Waals surface area (Å²) in [5.74, 6) is -2.68. The molecule has 3 aliphatic heterocycles. The predicted molar refractivity (Wildman–Crippen MR) is 207 cm³/mol. The zero-order valence-corrected chi connectivity index (χ0v) is 34.9. The summed E-state index contributed by atoms with van der Waals surface area (Å²) in [4.78, 5) is 32.2. The molecule has 3 aliphatic rings. The second kappa shape index (κ2) is 18.8. The maximum Gasteiger partial charge on any atom is 0.312 e. The Morgan fingerprint density at radius 1 is 1.09 bits per heavy atom. The summed E-state index contributed by atoms with van der Waals surface area (Å²) < 4.78 is 36.9. The Morgan fingerprint density at radius 2 is 1.75 bits per heavy atom. The van der Waals surface area contributed by atoms with Gasteiger partial charge in [0.2, 0.25) is 0 Å². The van der Waals surface area contributed by atoms with Gasteiger partial charge in [0, 0.05) is 31.1 Å². The number of likely N-dealkylation sites (N-methyl/N-ethyl adjacent to an activating group) is 1. The number of ether oxygens (including phenoxy) is 6. The number of esters is 2. The Kier molecular flexibility index (Phi) is 15.4. The van der Waals surface area contributed by atoms with Gasteiger partial charge in [-0.25, -0.2) is 0 Å². The van der Waals surface area contributed by atoms with E-state index in [1.54, 1.807) is 59.1 Å². The first-order valence-electron chi connectivity index (χ1n) is 19.8. The van der Waals surface area contributed by atoms with Gasteiger partial charge in [-0.05, 0) is 97.2 Å². The normalized spacial score (nSPS) is 41.0. The van der Waals surface area contributed by atoms with E-state index < -0.39 is 71.8 Å². The van der Waals surface area contributed by atoms with Crippen LogP contribution in [0.4, 0.5) is 0 Å². The lowest BCUT2D eigenvalue weighted by Gasteiger charge is -2.47. The minimum Gasteiger partial charge on any atom is -0.497 e. The van der Waals surface area contributed by atoms with Crippen LogP contribution in [-0.4, -0.2) is 144 Å². The van der Waals surface area contributed by atoms with Crippen LogP contribution in [0.1, 0.15) is 80.2 Å². The molecule has 15 atom stereocenters. The van der Waals surface area contributed by atoms with E-state index in [-0.39, 0.29) is 50.0 Å². The van der Waals surface area contributed by atoms with Gasteiger partial charge in [0.25, 0.3) is 0 Å². The maximum absolute atomic E-state index is 14.3. The smallest absolute Gasteiger partial charge is 0.312 e. The average Bonchev–Trinajstić information content (AvgIpc) is 3.25.